The van der Waals surface area contributed by atoms with Crippen LogP contribution in [-0.4, -0.2) is 46.5 Å². The topological polar surface area (TPSA) is 55.8 Å². The molecule has 1 heterocycles. The molecule has 0 aliphatic carbocycles. The zero-order valence-corrected chi connectivity index (χ0v) is 15.8. The molecule has 0 aromatic rings. The van der Waals surface area contributed by atoms with E-state index >= 15 is 0 Å². The first-order valence-electron chi connectivity index (χ1n) is 8.63. The summed E-state index contributed by atoms with van der Waals surface area (Å²) in [6, 6.07) is -0.158. The molecule has 1 amide bonds. The van der Waals surface area contributed by atoms with Crippen molar-refractivity contribution in [2.75, 3.05) is 6.54 Å². The summed E-state index contributed by atoms with van der Waals surface area (Å²) in [5.41, 5.74) is -0.534. The van der Waals surface area contributed by atoms with E-state index in [4.69, 9.17) is 16.6 Å². The second kappa shape index (κ2) is 7.95. The summed E-state index contributed by atoms with van der Waals surface area (Å²) >= 11 is 0. The third-order valence-corrected chi connectivity index (χ3v) is 3.72. The summed E-state index contributed by atoms with van der Waals surface area (Å²) in [6.07, 6.45) is 1.69. The maximum atomic E-state index is 12.4. The molecule has 0 fully saturated rings. The number of amides is 1. The zero-order valence-electron chi connectivity index (χ0n) is 16.8. The van der Waals surface area contributed by atoms with Crippen LogP contribution in [0.4, 0.5) is 4.79 Å². The summed E-state index contributed by atoms with van der Waals surface area (Å²) in [5.74, 6) is 0.923. The molecule has 0 bridgehead atoms. The van der Waals surface area contributed by atoms with Gasteiger partial charge in [-0.05, 0) is 59.3 Å². The van der Waals surface area contributed by atoms with E-state index in [1.807, 2.05) is 27.7 Å². The Morgan fingerprint density at radius 3 is 2.50 bits per heavy atom. The molecule has 1 rings (SSSR count). The quantitative estimate of drug-likeness (QED) is 0.730. The first-order chi connectivity index (χ1) is 10.8. The molecule has 1 aliphatic rings. The van der Waals surface area contributed by atoms with E-state index in [1.54, 1.807) is 4.90 Å². The van der Waals surface area contributed by atoms with Gasteiger partial charge in [0.1, 0.15) is 5.60 Å². The van der Waals surface area contributed by atoms with Gasteiger partial charge in [-0.15, -0.1) is 0 Å². The Balaban J connectivity index is 0.00000163. The molecule has 0 saturated heterocycles. The average molecular weight is 330 g/mol. The maximum Gasteiger partial charge on any atom is 0.410 e. The van der Waals surface area contributed by atoms with Crippen molar-refractivity contribution in [1.82, 2.24) is 4.90 Å². The van der Waals surface area contributed by atoms with Crippen molar-refractivity contribution in [2.45, 2.75) is 65.9 Å². The van der Waals surface area contributed by atoms with Crippen LogP contribution in [-0.2, 0) is 13.9 Å². The first kappa shape index (κ1) is 17.2. The van der Waals surface area contributed by atoms with Gasteiger partial charge in [0.2, 0.25) is 8.32 Å². The summed E-state index contributed by atoms with van der Waals surface area (Å²) in [7, 11) is -1.71. The number of rotatable bonds is 2. The second-order valence-corrected chi connectivity index (χ2v) is 11.8. The molecule has 2 atom stereocenters. The summed E-state index contributed by atoms with van der Waals surface area (Å²) in [4.78, 5) is 14.0. The Kier molecular flexibility index (Phi) is 6.23. The largest absolute Gasteiger partial charge is 0.546 e. The maximum absolute atomic E-state index is 12.4. The zero-order chi connectivity index (χ0) is 19.1. The van der Waals surface area contributed by atoms with E-state index in [9.17, 15) is 4.79 Å². The predicted octanol–water partition coefficient (Wildman–Crippen LogP) is 3.23. The minimum absolute atomic E-state index is 0. The molecule has 0 aromatic carbocycles. The number of ether oxygens (including phenoxy) is 1. The Labute approximate surface area is 139 Å². The Morgan fingerprint density at radius 2 is 2.09 bits per heavy atom. The summed E-state index contributed by atoms with van der Waals surface area (Å²) in [5, 5.41) is 0. The van der Waals surface area contributed by atoms with Gasteiger partial charge in [0.25, 0.3) is 0 Å². The van der Waals surface area contributed by atoms with Gasteiger partial charge in [-0.25, -0.2) is 4.79 Å². The van der Waals surface area contributed by atoms with Crippen molar-refractivity contribution in [3.8, 4) is 0 Å². The summed E-state index contributed by atoms with van der Waals surface area (Å²) < 4.78 is 33.2. The van der Waals surface area contributed by atoms with Gasteiger partial charge in [-0.2, -0.15) is 0 Å². The van der Waals surface area contributed by atoms with Gasteiger partial charge in [-0.3, -0.25) is 4.90 Å². The molecular weight excluding hydrogens is 297 g/mol. The fourth-order valence-corrected chi connectivity index (χ4v) is 2.93. The van der Waals surface area contributed by atoms with Crippen LogP contribution in [0.3, 0.4) is 0 Å². The Bertz CT molecular complexity index is 463. The summed E-state index contributed by atoms with van der Waals surface area (Å²) in [6.45, 7) is 14.5. The van der Waals surface area contributed by atoms with Gasteiger partial charge in [-0.1, -0.05) is 6.92 Å². The molecule has 126 valence electrons. The van der Waals surface area contributed by atoms with Crippen LogP contribution in [0.2, 0.25) is 19.6 Å². The van der Waals surface area contributed by atoms with Crippen molar-refractivity contribution in [2.24, 2.45) is 5.92 Å². The van der Waals surface area contributed by atoms with Gasteiger partial charge in [0.05, 0.1) is 12.3 Å². The predicted molar refractivity (Wildman–Crippen MR) is 91.9 cm³/mol. The normalized spacial score (nSPS) is 23.0. The van der Waals surface area contributed by atoms with Crippen molar-refractivity contribution in [3.05, 3.63) is 11.8 Å². The monoisotopic (exact) mass is 330 g/mol. The van der Waals surface area contributed by atoms with Gasteiger partial charge < -0.3 is 9.16 Å². The van der Waals surface area contributed by atoms with Crippen molar-refractivity contribution in [3.63, 3.8) is 0 Å². The number of hydrogen-bond donors (Lipinski definition) is 0. The Hall–Kier alpha value is -1.11. The standard InChI is InChI=1S/C15H29NO3Si.BHO/c1-11-9-13(19-20(6,7)8)10-16(12(11)2)14(17)18-15(3,4)5;1-2/h9,11-12H,10H2,1-8H3;1H/t11?,12-;/m1./s1/i2T;1D. The molecule has 0 N–H and O–H groups in total. The van der Waals surface area contributed by atoms with Crippen LogP contribution in [0.25, 0.3) is 0 Å². The van der Waals surface area contributed by atoms with E-state index in [1.165, 1.54) is 0 Å². The average Bonchev–Trinajstić information content (AvgIpc) is 2.34. The van der Waals surface area contributed by atoms with Crippen LogP contribution >= 0.6 is 0 Å². The van der Waals surface area contributed by atoms with Crippen molar-refractivity contribution in [1.29, 1.82) is 1.34 Å². The molecule has 5 nitrogen and oxygen atoms in total. The van der Waals surface area contributed by atoms with Crippen LogP contribution in [0, 0.1) is 5.92 Å². The molecule has 1 aliphatic heterocycles. The Morgan fingerprint density at radius 1 is 1.55 bits per heavy atom. The van der Waals surface area contributed by atoms with E-state index < -0.39 is 13.9 Å². The van der Waals surface area contributed by atoms with E-state index in [2.05, 4.69) is 25.7 Å². The first-order valence-corrected chi connectivity index (χ1v) is 10.8. The van der Waals surface area contributed by atoms with Crippen LogP contribution in [0.15, 0.2) is 11.8 Å². The smallest absolute Gasteiger partial charge is 0.410 e. The van der Waals surface area contributed by atoms with Crippen molar-refractivity contribution < 1.29 is 20.0 Å². The van der Waals surface area contributed by atoms with E-state index in [-0.39, 0.29) is 32.6 Å². The van der Waals surface area contributed by atoms with Gasteiger partial charge in [0.15, 0.2) is 0 Å². The molecule has 0 saturated carbocycles. The van der Waals surface area contributed by atoms with E-state index in [0.29, 0.717) is 6.54 Å². The third kappa shape index (κ3) is 7.24. The number of nitrogens with zero attached hydrogens (tertiary/aromatic N) is 1. The number of carbonyl (C=O) groups is 1. The molecular formula is C15H30BNO4Si. The molecule has 7 heteroatoms. The fraction of sp³-hybridized carbons (Fsp3) is 0.800. The molecule has 0 spiro atoms. The number of hydrogen-bond acceptors (Lipinski definition) is 4. The van der Waals surface area contributed by atoms with Crippen LogP contribution < -0.4 is 0 Å². The van der Waals surface area contributed by atoms with Crippen molar-refractivity contribution >= 4 is 22.1 Å². The van der Waals surface area contributed by atoms with Crippen LogP contribution in [0.1, 0.15) is 36.0 Å². The number of carbonyl (C=O) groups excluding carboxylic acids is 1. The van der Waals surface area contributed by atoms with Gasteiger partial charge in [0, 0.05) is 7.41 Å². The molecule has 0 aromatic heterocycles. The molecule has 22 heavy (non-hydrogen) atoms. The molecule has 1 unspecified atom stereocenters. The van der Waals surface area contributed by atoms with Crippen LogP contribution in [0.5, 0.6) is 0 Å². The minimum atomic E-state index is -1.71. The SMILES string of the molecule is [2H]B=O.[3H]C[C@@H]1C(C)C=C(O[Si](C)(C)C)CN1C(=O)OC(C)(C)C. The second-order valence-electron chi connectivity index (χ2n) is 7.38. The molecule has 0 radical (unpaired) electrons. The van der Waals surface area contributed by atoms with E-state index in [0.717, 1.165) is 5.76 Å². The van der Waals surface area contributed by atoms with Gasteiger partial charge >= 0.3 is 19.8 Å². The third-order valence-electron chi connectivity index (χ3n) is 2.85. The minimum Gasteiger partial charge on any atom is -0.546 e. The fourth-order valence-electron chi connectivity index (χ4n) is 2.01.